The maximum Gasteiger partial charge on any atom is 0.327 e. The summed E-state index contributed by atoms with van der Waals surface area (Å²) in [7, 11) is 0. The average Bonchev–Trinajstić information content (AvgIpc) is 3.20. The van der Waals surface area contributed by atoms with E-state index < -0.39 is 47.9 Å². The van der Waals surface area contributed by atoms with Crippen molar-refractivity contribution in [1.29, 1.82) is 0 Å². The molecule has 0 fully saturated rings. The number of hydrogen-bond acceptors (Lipinski definition) is 8. The number of aromatic amines is 1. The van der Waals surface area contributed by atoms with Gasteiger partial charge in [0.05, 0.1) is 12.4 Å². The van der Waals surface area contributed by atoms with Gasteiger partial charge in [-0.2, -0.15) is 25.3 Å². The van der Waals surface area contributed by atoms with Crippen LogP contribution in [0.15, 0.2) is 12.5 Å². The molecule has 7 N–H and O–H groups in total. The standard InChI is InChI=1S/C17H28N6O5S2/c1-8(2)13(23-14(24)10(18)5-29)16(26)21-11(3-9-4-19-7-20-9)15(25)22-12(6-30)17(27)28/h4,7-8,10-13,29-30H,3,5-6,18H2,1-2H3,(H,19,20)(H,21,26)(H,22,25)(H,23,24)(H,27,28). The highest BCUT2D eigenvalue weighted by Gasteiger charge is 2.31. The van der Waals surface area contributed by atoms with Gasteiger partial charge in [-0.1, -0.05) is 13.8 Å². The Morgan fingerprint density at radius 2 is 1.70 bits per heavy atom. The summed E-state index contributed by atoms with van der Waals surface area (Å²) in [5, 5.41) is 16.6. The first kappa shape index (κ1) is 25.8. The smallest absolute Gasteiger partial charge is 0.327 e. The van der Waals surface area contributed by atoms with Crippen LogP contribution >= 0.6 is 25.3 Å². The monoisotopic (exact) mass is 460 g/mol. The number of carboxylic acid groups (broad SMARTS) is 1. The summed E-state index contributed by atoms with van der Waals surface area (Å²) in [5.41, 5.74) is 6.20. The minimum Gasteiger partial charge on any atom is -0.480 e. The number of imidazole rings is 1. The van der Waals surface area contributed by atoms with Crippen molar-refractivity contribution in [2.45, 2.75) is 44.4 Å². The van der Waals surface area contributed by atoms with Gasteiger partial charge >= 0.3 is 5.97 Å². The van der Waals surface area contributed by atoms with Crippen LogP contribution in [0.1, 0.15) is 19.5 Å². The summed E-state index contributed by atoms with van der Waals surface area (Å²) in [6, 6.07) is -4.19. The number of rotatable bonds is 12. The Balaban J connectivity index is 2.99. The lowest BCUT2D eigenvalue weighted by atomic mass is 10.0. The molecule has 0 saturated heterocycles. The van der Waals surface area contributed by atoms with Gasteiger partial charge in [-0.05, 0) is 5.92 Å². The predicted octanol–water partition coefficient (Wildman–Crippen LogP) is -1.67. The van der Waals surface area contributed by atoms with Crippen LogP contribution in [0.3, 0.4) is 0 Å². The van der Waals surface area contributed by atoms with Crippen LogP contribution in [0.2, 0.25) is 0 Å². The number of nitrogens with two attached hydrogens (primary N) is 1. The third-order valence-electron chi connectivity index (χ3n) is 4.19. The first-order valence-corrected chi connectivity index (χ1v) is 10.5. The van der Waals surface area contributed by atoms with Gasteiger partial charge in [-0.25, -0.2) is 9.78 Å². The Hall–Kier alpha value is -2.25. The van der Waals surface area contributed by atoms with Gasteiger partial charge < -0.3 is 31.8 Å². The topological polar surface area (TPSA) is 179 Å². The number of nitrogens with zero attached hydrogens (tertiary/aromatic N) is 1. The van der Waals surface area contributed by atoms with E-state index in [1.54, 1.807) is 13.8 Å². The van der Waals surface area contributed by atoms with Gasteiger partial charge in [0.2, 0.25) is 17.7 Å². The van der Waals surface area contributed by atoms with Gasteiger partial charge in [0, 0.05) is 29.8 Å². The molecule has 0 aliphatic heterocycles. The van der Waals surface area contributed by atoms with Crippen molar-refractivity contribution in [1.82, 2.24) is 25.9 Å². The van der Waals surface area contributed by atoms with E-state index in [-0.39, 0.29) is 23.8 Å². The third kappa shape index (κ3) is 7.88. The minimum absolute atomic E-state index is 0.0331. The van der Waals surface area contributed by atoms with Crippen LogP contribution in [0, 0.1) is 5.92 Å². The largest absolute Gasteiger partial charge is 0.480 e. The van der Waals surface area contributed by atoms with E-state index in [1.807, 2.05) is 0 Å². The molecule has 1 rings (SSSR count). The molecule has 1 aromatic heterocycles. The fourth-order valence-electron chi connectivity index (χ4n) is 2.42. The molecule has 1 heterocycles. The summed E-state index contributed by atoms with van der Waals surface area (Å²) >= 11 is 7.88. The molecule has 0 saturated carbocycles. The van der Waals surface area contributed by atoms with Crippen LogP contribution in [-0.2, 0) is 25.6 Å². The van der Waals surface area contributed by atoms with E-state index in [0.717, 1.165) is 0 Å². The Kier molecular flexibility index (Phi) is 10.7. The van der Waals surface area contributed by atoms with E-state index in [0.29, 0.717) is 5.69 Å². The number of hydrogen-bond donors (Lipinski definition) is 8. The number of aromatic nitrogens is 2. The second-order valence-corrected chi connectivity index (χ2v) is 7.67. The summed E-state index contributed by atoms with van der Waals surface area (Å²) < 4.78 is 0. The Labute approximate surface area is 185 Å². The van der Waals surface area contributed by atoms with Gasteiger partial charge in [0.25, 0.3) is 0 Å². The Bertz CT molecular complexity index is 730. The van der Waals surface area contributed by atoms with Crippen molar-refractivity contribution >= 4 is 48.9 Å². The summed E-state index contributed by atoms with van der Waals surface area (Å²) in [6.45, 7) is 3.45. The molecule has 1 aromatic rings. The van der Waals surface area contributed by atoms with E-state index in [9.17, 15) is 19.2 Å². The van der Waals surface area contributed by atoms with Crippen molar-refractivity contribution in [2.75, 3.05) is 11.5 Å². The molecular formula is C17H28N6O5S2. The highest BCUT2D eigenvalue weighted by atomic mass is 32.1. The average molecular weight is 461 g/mol. The van der Waals surface area contributed by atoms with Crippen LogP contribution < -0.4 is 21.7 Å². The number of H-pyrrole nitrogens is 1. The van der Waals surface area contributed by atoms with E-state index >= 15 is 0 Å². The van der Waals surface area contributed by atoms with Crippen LogP contribution in [0.4, 0.5) is 0 Å². The zero-order valence-corrected chi connectivity index (χ0v) is 18.5. The van der Waals surface area contributed by atoms with Crippen molar-refractivity contribution in [3.63, 3.8) is 0 Å². The lowest BCUT2D eigenvalue weighted by Gasteiger charge is -2.26. The SMILES string of the molecule is CC(C)C(NC(=O)C(N)CS)C(=O)NC(Cc1cnc[nH]1)C(=O)NC(CS)C(=O)O. The molecule has 13 heteroatoms. The number of nitrogens with one attached hydrogen (secondary N) is 4. The quantitative estimate of drug-likeness (QED) is 0.172. The van der Waals surface area contributed by atoms with E-state index in [1.165, 1.54) is 12.5 Å². The number of thiol groups is 2. The van der Waals surface area contributed by atoms with Crippen LogP contribution in [0.25, 0.3) is 0 Å². The number of carbonyl (C=O) groups is 4. The third-order valence-corrected chi connectivity index (χ3v) is 4.95. The maximum atomic E-state index is 12.8. The van der Waals surface area contributed by atoms with Crippen LogP contribution in [-0.4, -0.2) is 74.4 Å². The number of carbonyl (C=O) groups excluding carboxylic acids is 3. The zero-order chi connectivity index (χ0) is 22.8. The summed E-state index contributed by atoms with van der Waals surface area (Å²) in [4.78, 5) is 55.5. The first-order valence-electron chi connectivity index (χ1n) is 9.19. The fourth-order valence-corrected chi connectivity index (χ4v) is 2.84. The van der Waals surface area contributed by atoms with Crippen molar-refractivity contribution in [3.05, 3.63) is 18.2 Å². The molecular weight excluding hydrogens is 432 g/mol. The zero-order valence-electron chi connectivity index (χ0n) is 16.7. The molecule has 4 unspecified atom stereocenters. The number of carboxylic acids is 1. The maximum absolute atomic E-state index is 12.8. The number of aliphatic carboxylic acids is 1. The highest BCUT2D eigenvalue weighted by Crippen LogP contribution is 2.06. The van der Waals surface area contributed by atoms with Crippen molar-refractivity contribution in [3.8, 4) is 0 Å². The fraction of sp³-hybridized carbons (Fsp3) is 0.588. The molecule has 168 valence electrons. The first-order chi connectivity index (χ1) is 14.1. The van der Waals surface area contributed by atoms with Gasteiger partial charge in [0.1, 0.15) is 18.1 Å². The molecule has 0 aliphatic rings. The molecule has 0 bridgehead atoms. The predicted molar refractivity (Wildman–Crippen MR) is 116 cm³/mol. The van der Waals surface area contributed by atoms with Crippen molar-refractivity contribution in [2.24, 2.45) is 11.7 Å². The molecule has 0 aromatic carbocycles. The summed E-state index contributed by atoms with van der Waals surface area (Å²) in [5.74, 6) is -3.45. The Morgan fingerprint density at radius 1 is 1.07 bits per heavy atom. The van der Waals surface area contributed by atoms with Gasteiger partial charge in [-0.15, -0.1) is 0 Å². The van der Waals surface area contributed by atoms with Gasteiger partial charge in [-0.3, -0.25) is 14.4 Å². The Morgan fingerprint density at radius 3 is 2.17 bits per heavy atom. The lowest BCUT2D eigenvalue weighted by Crippen LogP contribution is -2.59. The molecule has 0 spiro atoms. The van der Waals surface area contributed by atoms with Crippen LogP contribution in [0.5, 0.6) is 0 Å². The second kappa shape index (κ2) is 12.4. The normalized spacial score (nSPS) is 15.0. The second-order valence-electron chi connectivity index (χ2n) is 6.94. The summed E-state index contributed by atoms with van der Waals surface area (Å²) in [6.07, 6.45) is 2.93. The lowest BCUT2D eigenvalue weighted by molar-refractivity contribution is -0.141. The highest BCUT2D eigenvalue weighted by molar-refractivity contribution is 7.80. The molecule has 11 nitrogen and oxygen atoms in total. The molecule has 4 atom stereocenters. The molecule has 3 amide bonds. The molecule has 0 aliphatic carbocycles. The van der Waals surface area contributed by atoms with E-state index in [2.05, 4.69) is 51.2 Å². The van der Waals surface area contributed by atoms with E-state index in [4.69, 9.17) is 10.8 Å². The van der Waals surface area contributed by atoms with Gasteiger partial charge in [0.15, 0.2) is 0 Å². The number of amides is 3. The molecule has 30 heavy (non-hydrogen) atoms. The molecule has 0 radical (unpaired) electrons. The minimum atomic E-state index is -1.25. The van der Waals surface area contributed by atoms with Crippen molar-refractivity contribution < 1.29 is 24.3 Å².